The Kier molecular flexibility index (Phi) is 2.82. The van der Waals surface area contributed by atoms with Crippen molar-refractivity contribution in [3.63, 3.8) is 0 Å². The molecule has 0 radical (unpaired) electrons. The fourth-order valence-electron chi connectivity index (χ4n) is 2.31. The maximum atomic E-state index is 13.8. The van der Waals surface area contributed by atoms with E-state index in [0.717, 1.165) is 11.1 Å². The van der Waals surface area contributed by atoms with Crippen molar-refractivity contribution >= 4 is 16.7 Å². The van der Waals surface area contributed by atoms with E-state index >= 15 is 0 Å². The molecule has 0 saturated heterocycles. The third kappa shape index (κ3) is 1.79. The Morgan fingerprint density at radius 1 is 1.25 bits per heavy atom. The molecule has 3 aromatic rings. The number of nitrogens with zero attached hydrogens (tertiary/aromatic N) is 2. The Balaban J connectivity index is 2.22. The molecule has 0 saturated carbocycles. The Hall–Kier alpha value is -2.56. The molecule has 2 aromatic carbocycles. The Labute approximate surface area is 115 Å². The number of aryl methyl sites for hydroxylation is 1. The van der Waals surface area contributed by atoms with E-state index in [1.54, 1.807) is 25.3 Å². The average Bonchev–Trinajstić information content (AvgIpc) is 2.78. The molecular weight excluding hydrogens is 257 g/mol. The van der Waals surface area contributed by atoms with Gasteiger partial charge in [-0.25, -0.2) is 9.37 Å². The summed E-state index contributed by atoms with van der Waals surface area (Å²) in [4.78, 5) is 4.37. The van der Waals surface area contributed by atoms with Crippen LogP contribution in [0, 0.1) is 5.82 Å². The number of nitrogen functional groups attached to an aromatic ring is 1. The van der Waals surface area contributed by atoms with Crippen molar-refractivity contribution in [2.24, 2.45) is 7.05 Å². The van der Waals surface area contributed by atoms with Crippen LogP contribution in [-0.4, -0.2) is 16.7 Å². The minimum atomic E-state index is -0.328. The van der Waals surface area contributed by atoms with Gasteiger partial charge >= 0.3 is 0 Å². The molecule has 5 heteroatoms. The zero-order chi connectivity index (χ0) is 14.3. The summed E-state index contributed by atoms with van der Waals surface area (Å²) in [6, 6.07) is 10.3. The number of anilines is 1. The van der Waals surface area contributed by atoms with Gasteiger partial charge in [-0.3, -0.25) is 0 Å². The number of imidazole rings is 1. The van der Waals surface area contributed by atoms with Gasteiger partial charge in [-0.15, -0.1) is 0 Å². The van der Waals surface area contributed by atoms with E-state index in [-0.39, 0.29) is 5.82 Å². The first-order valence-electron chi connectivity index (χ1n) is 6.16. The second kappa shape index (κ2) is 4.52. The molecule has 0 fully saturated rings. The van der Waals surface area contributed by atoms with Crippen LogP contribution < -0.4 is 10.5 Å². The first-order chi connectivity index (χ1) is 9.61. The van der Waals surface area contributed by atoms with Crippen molar-refractivity contribution in [1.29, 1.82) is 0 Å². The van der Waals surface area contributed by atoms with E-state index in [1.807, 2.05) is 23.7 Å². The number of ether oxygens (including phenoxy) is 1. The number of halogens is 1. The highest BCUT2D eigenvalue weighted by atomic mass is 19.1. The molecule has 3 rings (SSSR count). The number of hydrogen-bond acceptors (Lipinski definition) is 3. The van der Waals surface area contributed by atoms with E-state index < -0.39 is 0 Å². The molecule has 0 amide bonds. The predicted octanol–water partition coefficient (Wildman–Crippen LogP) is 2.97. The minimum absolute atomic E-state index is 0.328. The number of aromatic nitrogens is 2. The van der Waals surface area contributed by atoms with Crippen LogP contribution in [0.15, 0.2) is 36.4 Å². The van der Waals surface area contributed by atoms with Crippen LogP contribution in [0.5, 0.6) is 5.75 Å². The molecule has 20 heavy (non-hydrogen) atoms. The molecule has 0 aliphatic rings. The maximum absolute atomic E-state index is 13.8. The van der Waals surface area contributed by atoms with E-state index in [1.165, 1.54) is 6.07 Å². The third-order valence-electron chi connectivity index (χ3n) is 3.35. The van der Waals surface area contributed by atoms with Crippen molar-refractivity contribution < 1.29 is 9.13 Å². The van der Waals surface area contributed by atoms with Gasteiger partial charge in [0.15, 0.2) is 5.82 Å². The van der Waals surface area contributed by atoms with Gasteiger partial charge < -0.3 is 15.0 Å². The first-order valence-corrected chi connectivity index (χ1v) is 6.16. The van der Waals surface area contributed by atoms with Crippen LogP contribution in [0.1, 0.15) is 0 Å². The number of fused-ring (bicyclic) bond motifs is 1. The topological polar surface area (TPSA) is 53.1 Å². The van der Waals surface area contributed by atoms with Gasteiger partial charge in [0.2, 0.25) is 0 Å². The summed E-state index contributed by atoms with van der Waals surface area (Å²) in [6.07, 6.45) is 0. The monoisotopic (exact) mass is 271 g/mol. The van der Waals surface area contributed by atoms with Gasteiger partial charge in [0, 0.05) is 12.6 Å². The molecule has 4 nitrogen and oxygen atoms in total. The predicted molar refractivity (Wildman–Crippen MR) is 77.1 cm³/mol. The van der Waals surface area contributed by atoms with E-state index in [2.05, 4.69) is 4.98 Å². The lowest BCUT2D eigenvalue weighted by molar-refractivity contribution is 0.417. The fraction of sp³-hybridized carbons (Fsp3) is 0.133. The van der Waals surface area contributed by atoms with Crippen LogP contribution in [0.3, 0.4) is 0 Å². The highest BCUT2D eigenvalue weighted by Crippen LogP contribution is 2.30. The van der Waals surface area contributed by atoms with Gasteiger partial charge in [0.1, 0.15) is 17.1 Å². The van der Waals surface area contributed by atoms with Crippen LogP contribution >= 0.6 is 0 Å². The molecular formula is C15H14FN3O. The van der Waals surface area contributed by atoms with E-state index in [9.17, 15) is 4.39 Å². The third-order valence-corrected chi connectivity index (χ3v) is 3.35. The lowest BCUT2D eigenvalue weighted by Crippen LogP contribution is -1.96. The van der Waals surface area contributed by atoms with Crippen molar-refractivity contribution in [2.45, 2.75) is 0 Å². The van der Waals surface area contributed by atoms with Crippen LogP contribution in [-0.2, 0) is 7.05 Å². The van der Waals surface area contributed by atoms with Crippen molar-refractivity contribution in [3.8, 4) is 17.1 Å². The largest absolute Gasteiger partial charge is 0.495 e. The summed E-state index contributed by atoms with van der Waals surface area (Å²) in [6.45, 7) is 0. The SMILES string of the molecule is COc1ccc(-c2nc3c(F)cccc3n2C)cc1N. The molecule has 0 aliphatic heterocycles. The average molecular weight is 271 g/mol. The van der Waals surface area contributed by atoms with E-state index in [0.29, 0.717) is 22.8 Å². The second-order valence-corrected chi connectivity index (χ2v) is 4.56. The fourth-order valence-corrected chi connectivity index (χ4v) is 2.31. The molecule has 1 heterocycles. The Bertz CT molecular complexity index is 795. The summed E-state index contributed by atoms with van der Waals surface area (Å²) in [5.74, 6) is 0.948. The zero-order valence-corrected chi connectivity index (χ0v) is 11.2. The van der Waals surface area contributed by atoms with Gasteiger partial charge in [-0.05, 0) is 30.3 Å². The summed E-state index contributed by atoms with van der Waals surface area (Å²) < 4.78 is 20.8. The highest BCUT2D eigenvalue weighted by Gasteiger charge is 2.13. The number of rotatable bonds is 2. The van der Waals surface area contributed by atoms with Gasteiger partial charge in [0.25, 0.3) is 0 Å². The minimum Gasteiger partial charge on any atom is -0.495 e. The summed E-state index contributed by atoms with van der Waals surface area (Å²) in [5, 5.41) is 0. The van der Waals surface area contributed by atoms with Crippen molar-refractivity contribution in [2.75, 3.05) is 12.8 Å². The van der Waals surface area contributed by atoms with Crippen LogP contribution in [0.4, 0.5) is 10.1 Å². The normalized spacial score (nSPS) is 10.9. The summed E-state index contributed by atoms with van der Waals surface area (Å²) in [5.41, 5.74) is 8.36. The number of hydrogen-bond donors (Lipinski definition) is 1. The maximum Gasteiger partial charge on any atom is 0.151 e. The molecule has 0 spiro atoms. The smallest absolute Gasteiger partial charge is 0.151 e. The molecule has 102 valence electrons. The molecule has 0 aliphatic carbocycles. The lowest BCUT2D eigenvalue weighted by atomic mass is 10.2. The summed E-state index contributed by atoms with van der Waals surface area (Å²) in [7, 11) is 3.42. The van der Waals surface area contributed by atoms with E-state index in [4.69, 9.17) is 10.5 Å². The Morgan fingerprint density at radius 3 is 2.70 bits per heavy atom. The molecule has 1 aromatic heterocycles. The summed E-state index contributed by atoms with van der Waals surface area (Å²) >= 11 is 0. The lowest BCUT2D eigenvalue weighted by Gasteiger charge is -2.07. The van der Waals surface area contributed by atoms with Crippen molar-refractivity contribution in [3.05, 3.63) is 42.2 Å². The number of benzene rings is 2. The number of methoxy groups -OCH3 is 1. The highest BCUT2D eigenvalue weighted by molar-refractivity contribution is 5.81. The van der Waals surface area contributed by atoms with Crippen molar-refractivity contribution in [1.82, 2.24) is 9.55 Å². The molecule has 0 bridgehead atoms. The van der Waals surface area contributed by atoms with Gasteiger partial charge in [-0.1, -0.05) is 6.07 Å². The number of nitrogens with two attached hydrogens (primary N) is 1. The van der Waals surface area contributed by atoms with Crippen LogP contribution in [0.25, 0.3) is 22.4 Å². The molecule has 0 atom stereocenters. The van der Waals surface area contributed by atoms with Crippen LogP contribution in [0.2, 0.25) is 0 Å². The number of para-hydroxylation sites is 1. The molecule has 2 N–H and O–H groups in total. The molecule has 0 unspecified atom stereocenters. The zero-order valence-electron chi connectivity index (χ0n) is 11.2. The first kappa shape index (κ1) is 12.5. The standard InChI is InChI=1S/C15H14FN3O/c1-19-12-5-3-4-10(16)14(12)18-15(19)9-6-7-13(20-2)11(17)8-9/h3-8H,17H2,1-2H3. The Morgan fingerprint density at radius 2 is 2.05 bits per heavy atom. The van der Waals surface area contributed by atoms with Gasteiger partial charge in [-0.2, -0.15) is 0 Å². The quantitative estimate of drug-likeness (QED) is 0.729. The second-order valence-electron chi connectivity index (χ2n) is 4.56. The van der Waals surface area contributed by atoms with Gasteiger partial charge in [0.05, 0.1) is 18.3 Å².